The Morgan fingerprint density at radius 3 is 1.10 bits per heavy atom. The molecule has 42 heavy (non-hydrogen) atoms. The molecule has 0 saturated carbocycles. The molecule has 6 aromatic rings. The summed E-state index contributed by atoms with van der Waals surface area (Å²) in [7, 11) is 0. The average Bonchev–Trinajstić information content (AvgIpc) is 3.05. The first-order chi connectivity index (χ1) is 20.7. The van der Waals surface area contributed by atoms with Gasteiger partial charge in [0.2, 0.25) is 0 Å². The average molecular weight is 583 g/mol. The number of phenolic OH excluding ortho intramolecular Hbond substituents is 2. The van der Waals surface area contributed by atoms with Gasteiger partial charge in [0, 0.05) is 43.6 Å². The maximum Gasteiger partial charge on any atom is 0.131 e. The molecule has 0 aromatic heterocycles. The van der Waals surface area contributed by atoms with E-state index in [0.717, 1.165) is 65.8 Å². The highest BCUT2D eigenvalue weighted by molar-refractivity contribution is 8.03. The smallest absolute Gasteiger partial charge is 0.131 e. The van der Waals surface area contributed by atoms with Crippen LogP contribution >= 0.6 is 23.5 Å². The lowest BCUT2D eigenvalue weighted by Crippen LogP contribution is -1.91. The van der Waals surface area contributed by atoms with Gasteiger partial charge >= 0.3 is 0 Å². The predicted octanol–water partition coefficient (Wildman–Crippen LogP) is 10.7. The van der Waals surface area contributed by atoms with Gasteiger partial charge in [0.15, 0.2) is 0 Å². The van der Waals surface area contributed by atoms with Crippen molar-refractivity contribution < 1.29 is 10.2 Å². The van der Waals surface area contributed by atoms with E-state index in [0.29, 0.717) is 11.5 Å². The van der Waals surface area contributed by atoms with Crippen LogP contribution in [0.3, 0.4) is 0 Å². The van der Waals surface area contributed by atoms with E-state index in [1.165, 1.54) is 0 Å². The summed E-state index contributed by atoms with van der Waals surface area (Å²) in [6, 6.07) is 48.5. The first-order valence-electron chi connectivity index (χ1n) is 13.9. The Kier molecular flexibility index (Phi) is 8.64. The van der Waals surface area contributed by atoms with Crippen LogP contribution in [0.5, 0.6) is 11.5 Å². The lowest BCUT2D eigenvalue weighted by atomic mass is 9.97. The van der Waals surface area contributed by atoms with Gasteiger partial charge in [-0.2, -0.15) is 0 Å². The fraction of sp³-hybridized carbons (Fsp3) is 0.0526. The first-order valence-corrected chi connectivity index (χ1v) is 15.9. The van der Waals surface area contributed by atoms with Gasteiger partial charge in [-0.1, -0.05) is 133 Å². The highest BCUT2D eigenvalue weighted by Crippen LogP contribution is 2.43. The van der Waals surface area contributed by atoms with Crippen LogP contribution in [0.25, 0.3) is 44.5 Å². The van der Waals surface area contributed by atoms with E-state index in [1.807, 2.05) is 109 Å². The van der Waals surface area contributed by atoms with E-state index in [2.05, 4.69) is 36.4 Å². The lowest BCUT2D eigenvalue weighted by molar-refractivity contribution is 0.478. The van der Waals surface area contributed by atoms with Crippen molar-refractivity contribution >= 4 is 23.5 Å². The van der Waals surface area contributed by atoms with Gasteiger partial charge in [-0.15, -0.1) is 23.5 Å². The highest BCUT2D eigenvalue weighted by Gasteiger charge is 2.15. The molecule has 206 valence electrons. The van der Waals surface area contributed by atoms with Gasteiger partial charge in [0.05, 0.1) is 0 Å². The molecule has 0 fully saturated rings. The van der Waals surface area contributed by atoms with Crippen LogP contribution in [0.2, 0.25) is 0 Å². The number of hydrogen-bond acceptors (Lipinski definition) is 4. The Morgan fingerprint density at radius 1 is 0.333 bits per heavy atom. The van der Waals surface area contributed by atoms with Gasteiger partial charge in [0.1, 0.15) is 11.5 Å². The molecule has 0 radical (unpaired) electrons. The number of thioether (sulfide) groups is 2. The van der Waals surface area contributed by atoms with Crippen molar-refractivity contribution in [3.05, 3.63) is 146 Å². The molecule has 6 rings (SSSR count). The van der Waals surface area contributed by atoms with Crippen molar-refractivity contribution in [2.45, 2.75) is 9.79 Å². The molecule has 0 aliphatic rings. The van der Waals surface area contributed by atoms with Crippen molar-refractivity contribution in [1.82, 2.24) is 0 Å². The molecular weight excluding hydrogens is 553 g/mol. The van der Waals surface area contributed by atoms with Crippen molar-refractivity contribution in [1.29, 1.82) is 0 Å². The van der Waals surface area contributed by atoms with Crippen LogP contribution in [-0.4, -0.2) is 21.7 Å². The Morgan fingerprint density at radius 2 is 0.667 bits per heavy atom. The third-order valence-electron chi connectivity index (χ3n) is 7.19. The topological polar surface area (TPSA) is 40.5 Å². The summed E-state index contributed by atoms with van der Waals surface area (Å²) in [4.78, 5) is 2.28. The molecule has 0 spiro atoms. The van der Waals surface area contributed by atoms with Crippen LogP contribution in [0.4, 0.5) is 0 Å². The van der Waals surface area contributed by atoms with Crippen LogP contribution < -0.4 is 0 Å². The number of aromatic hydroxyl groups is 2. The Labute approximate surface area is 255 Å². The maximum atomic E-state index is 11.3. The molecule has 4 heteroatoms. The van der Waals surface area contributed by atoms with Crippen LogP contribution in [-0.2, 0) is 0 Å². The van der Waals surface area contributed by atoms with Gasteiger partial charge < -0.3 is 10.2 Å². The van der Waals surface area contributed by atoms with E-state index in [1.54, 1.807) is 23.5 Å². The Hall–Kier alpha value is -4.38. The fourth-order valence-electron chi connectivity index (χ4n) is 5.16. The van der Waals surface area contributed by atoms with Crippen LogP contribution in [0.15, 0.2) is 155 Å². The number of phenols is 2. The Balaban J connectivity index is 1.19. The molecule has 2 N–H and O–H groups in total. The van der Waals surface area contributed by atoms with Crippen LogP contribution in [0.1, 0.15) is 0 Å². The lowest BCUT2D eigenvalue weighted by Gasteiger charge is -2.15. The third kappa shape index (κ3) is 5.96. The van der Waals surface area contributed by atoms with Gasteiger partial charge in [-0.05, 0) is 34.4 Å². The van der Waals surface area contributed by atoms with E-state index in [9.17, 15) is 10.2 Å². The predicted molar refractivity (Wildman–Crippen MR) is 179 cm³/mol. The molecule has 0 saturated heterocycles. The number of hydrogen-bond donors (Lipinski definition) is 2. The van der Waals surface area contributed by atoms with E-state index >= 15 is 0 Å². The minimum Gasteiger partial charge on any atom is -0.507 e. The standard InChI is InChI=1S/C38H30O2S2/c39-37-29(27-13-3-1-4-14-27)19-11-21-33(37)31-17-7-9-23-35(31)41-25-26-42-36-24-10-8-18-32(36)34-22-12-20-30(38(34)40)28-15-5-2-6-16-28/h1-24,39-40H,25-26H2. The summed E-state index contributed by atoms with van der Waals surface area (Å²) < 4.78 is 0. The van der Waals surface area contributed by atoms with Gasteiger partial charge in [-0.25, -0.2) is 0 Å². The molecule has 0 heterocycles. The zero-order valence-electron chi connectivity index (χ0n) is 23.0. The zero-order valence-corrected chi connectivity index (χ0v) is 24.6. The maximum absolute atomic E-state index is 11.3. The minimum atomic E-state index is 0.303. The molecule has 0 bridgehead atoms. The van der Waals surface area contributed by atoms with Crippen LogP contribution in [0, 0.1) is 0 Å². The van der Waals surface area contributed by atoms with E-state index in [-0.39, 0.29) is 0 Å². The minimum absolute atomic E-state index is 0.303. The molecule has 0 aliphatic carbocycles. The molecule has 6 aromatic carbocycles. The first kappa shape index (κ1) is 27.8. The zero-order chi connectivity index (χ0) is 28.7. The summed E-state index contributed by atoms with van der Waals surface area (Å²) in [6.45, 7) is 0. The van der Waals surface area contributed by atoms with Crippen molar-refractivity contribution in [2.24, 2.45) is 0 Å². The van der Waals surface area contributed by atoms with Crippen molar-refractivity contribution in [3.63, 3.8) is 0 Å². The second-order valence-electron chi connectivity index (χ2n) is 9.82. The molecule has 0 atom stereocenters. The van der Waals surface area contributed by atoms with E-state index < -0.39 is 0 Å². The molecule has 0 aliphatic heterocycles. The normalized spacial score (nSPS) is 11.0. The third-order valence-corrected chi connectivity index (χ3v) is 9.60. The van der Waals surface area contributed by atoms with Gasteiger partial charge in [-0.3, -0.25) is 0 Å². The fourth-order valence-corrected chi connectivity index (χ4v) is 7.28. The van der Waals surface area contributed by atoms with Crippen molar-refractivity contribution in [2.75, 3.05) is 11.5 Å². The number of rotatable bonds is 9. The van der Waals surface area contributed by atoms with Crippen molar-refractivity contribution in [3.8, 4) is 56.0 Å². The SMILES string of the molecule is Oc1c(-c2ccccc2)cccc1-c1ccccc1SCCSc1ccccc1-c1cccc(-c2ccccc2)c1O. The number of para-hydroxylation sites is 2. The molecular formula is C38H30O2S2. The highest BCUT2D eigenvalue weighted by atomic mass is 32.2. The van der Waals surface area contributed by atoms with Gasteiger partial charge in [0.25, 0.3) is 0 Å². The largest absolute Gasteiger partial charge is 0.507 e. The summed E-state index contributed by atoms with van der Waals surface area (Å²) in [6.07, 6.45) is 0. The summed E-state index contributed by atoms with van der Waals surface area (Å²) in [5.74, 6) is 2.39. The molecule has 2 nitrogen and oxygen atoms in total. The van der Waals surface area contributed by atoms with E-state index in [4.69, 9.17) is 0 Å². The second kappa shape index (κ2) is 13.1. The Bertz CT molecular complexity index is 1670. The summed E-state index contributed by atoms with van der Waals surface area (Å²) >= 11 is 3.59. The number of benzene rings is 6. The quantitative estimate of drug-likeness (QED) is 0.131. The molecule has 0 unspecified atom stereocenters. The monoisotopic (exact) mass is 582 g/mol. The molecule has 0 amide bonds. The summed E-state index contributed by atoms with van der Waals surface area (Å²) in [5.41, 5.74) is 7.41. The second-order valence-corrected chi connectivity index (χ2v) is 12.1. The summed E-state index contributed by atoms with van der Waals surface area (Å²) in [5, 5.41) is 22.5.